The van der Waals surface area contributed by atoms with E-state index in [1.807, 2.05) is 0 Å². The fraction of sp³-hybridized carbons (Fsp3) is 0.632. The van der Waals surface area contributed by atoms with E-state index >= 15 is 0 Å². The summed E-state index contributed by atoms with van der Waals surface area (Å²) >= 11 is 0. The molecule has 1 aliphatic heterocycles. The minimum atomic E-state index is -0.619. The number of hydrogen-bond acceptors (Lipinski definition) is 3. The second kappa shape index (κ2) is 8.13. The average Bonchev–Trinajstić information content (AvgIpc) is 3.39. The van der Waals surface area contributed by atoms with E-state index in [0.717, 1.165) is 43.5 Å². The van der Waals surface area contributed by atoms with Gasteiger partial charge in [-0.05, 0) is 62.6 Å². The molecular formula is C19H26F2N2O2. The van der Waals surface area contributed by atoms with E-state index in [2.05, 4.69) is 10.6 Å². The monoisotopic (exact) mass is 352 g/mol. The molecule has 1 aliphatic carbocycles. The van der Waals surface area contributed by atoms with Crippen LogP contribution in [0.3, 0.4) is 0 Å². The molecule has 1 saturated heterocycles. The Labute approximate surface area is 147 Å². The molecule has 1 heterocycles. The van der Waals surface area contributed by atoms with Gasteiger partial charge in [0.1, 0.15) is 5.82 Å². The van der Waals surface area contributed by atoms with Gasteiger partial charge in [0.15, 0.2) is 11.6 Å². The number of benzene rings is 1. The van der Waals surface area contributed by atoms with Gasteiger partial charge in [-0.1, -0.05) is 0 Å². The smallest absolute Gasteiger partial charge is 0.224 e. The topological polar surface area (TPSA) is 50.4 Å². The minimum Gasteiger partial charge on any atom is -0.490 e. The van der Waals surface area contributed by atoms with Crippen LogP contribution in [0.1, 0.15) is 31.2 Å². The lowest BCUT2D eigenvalue weighted by atomic mass is 9.91. The molecule has 2 aliphatic rings. The number of likely N-dealkylation sites (N-methyl/N-ethyl adjacent to an activating group) is 1. The Morgan fingerprint density at radius 1 is 1.28 bits per heavy atom. The lowest BCUT2D eigenvalue weighted by Gasteiger charge is -2.22. The predicted molar refractivity (Wildman–Crippen MR) is 91.4 cm³/mol. The summed E-state index contributed by atoms with van der Waals surface area (Å²) in [6.07, 6.45) is 4.43. The maximum Gasteiger partial charge on any atom is 0.224 e. The number of amides is 1. The molecule has 2 N–H and O–H groups in total. The number of rotatable bonds is 7. The van der Waals surface area contributed by atoms with Crippen LogP contribution in [-0.2, 0) is 11.2 Å². The van der Waals surface area contributed by atoms with Crippen molar-refractivity contribution >= 4 is 5.91 Å². The van der Waals surface area contributed by atoms with E-state index in [0.29, 0.717) is 12.5 Å². The largest absolute Gasteiger partial charge is 0.490 e. The highest BCUT2D eigenvalue weighted by Crippen LogP contribution is 2.49. The molecule has 0 aromatic heterocycles. The first kappa shape index (κ1) is 18.1. The van der Waals surface area contributed by atoms with Gasteiger partial charge in [0, 0.05) is 18.7 Å². The molecule has 6 heteroatoms. The number of hydrogen-bond donors (Lipinski definition) is 2. The van der Waals surface area contributed by atoms with E-state index < -0.39 is 11.6 Å². The SMILES string of the molecule is CNC(=O)Cc1cc(F)c(OCC[C@@H]2CC2C2CCNCC2)cc1F. The predicted octanol–water partition coefficient (Wildman–Crippen LogP) is 2.66. The van der Waals surface area contributed by atoms with Gasteiger partial charge in [-0.3, -0.25) is 4.79 Å². The van der Waals surface area contributed by atoms with Crippen molar-refractivity contribution in [3.8, 4) is 5.75 Å². The molecule has 25 heavy (non-hydrogen) atoms. The number of ether oxygens (including phenoxy) is 1. The highest BCUT2D eigenvalue weighted by Gasteiger charge is 2.42. The van der Waals surface area contributed by atoms with Crippen LogP contribution < -0.4 is 15.4 Å². The highest BCUT2D eigenvalue weighted by molar-refractivity contribution is 5.78. The van der Waals surface area contributed by atoms with E-state index in [9.17, 15) is 13.6 Å². The molecule has 0 bridgehead atoms. The van der Waals surface area contributed by atoms with Crippen molar-refractivity contribution in [2.24, 2.45) is 17.8 Å². The third-order valence-corrected chi connectivity index (χ3v) is 5.44. The molecule has 1 aromatic rings. The average molecular weight is 352 g/mol. The van der Waals surface area contributed by atoms with Crippen LogP contribution in [0, 0.1) is 29.4 Å². The summed E-state index contributed by atoms with van der Waals surface area (Å²) in [6.45, 7) is 2.62. The van der Waals surface area contributed by atoms with Crippen LogP contribution in [0.25, 0.3) is 0 Å². The molecule has 2 atom stereocenters. The number of halogens is 2. The molecule has 0 spiro atoms. The summed E-state index contributed by atoms with van der Waals surface area (Å²) in [6, 6.07) is 2.10. The zero-order chi connectivity index (χ0) is 17.8. The van der Waals surface area contributed by atoms with Gasteiger partial charge < -0.3 is 15.4 Å². The summed E-state index contributed by atoms with van der Waals surface area (Å²) in [4.78, 5) is 11.3. The van der Waals surface area contributed by atoms with Gasteiger partial charge in [0.2, 0.25) is 5.91 Å². The Bertz CT molecular complexity index is 618. The zero-order valence-electron chi connectivity index (χ0n) is 14.6. The molecule has 2 fully saturated rings. The van der Waals surface area contributed by atoms with Crippen molar-refractivity contribution in [1.29, 1.82) is 0 Å². The van der Waals surface area contributed by atoms with E-state index in [-0.39, 0.29) is 23.6 Å². The molecule has 138 valence electrons. The van der Waals surface area contributed by atoms with E-state index in [1.54, 1.807) is 0 Å². The summed E-state index contributed by atoms with van der Waals surface area (Å²) in [5.41, 5.74) is 0.0392. The van der Waals surface area contributed by atoms with Crippen LogP contribution >= 0.6 is 0 Å². The standard InChI is InChI=1S/C19H26F2N2O2/c1-22-19(24)10-14-9-17(21)18(11-16(14)20)25-7-4-13-8-15(13)12-2-5-23-6-3-12/h9,11-13,15,23H,2-8,10H2,1H3,(H,22,24)/t13-,15?/m1/s1. The molecular weight excluding hydrogens is 326 g/mol. The van der Waals surface area contributed by atoms with Crippen LogP contribution in [0.2, 0.25) is 0 Å². The van der Waals surface area contributed by atoms with Gasteiger partial charge in [-0.25, -0.2) is 8.78 Å². The van der Waals surface area contributed by atoms with Crippen LogP contribution in [-0.4, -0.2) is 32.7 Å². The summed E-state index contributed by atoms with van der Waals surface area (Å²) in [7, 11) is 1.46. The van der Waals surface area contributed by atoms with E-state index in [4.69, 9.17) is 4.74 Å². The van der Waals surface area contributed by atoms with E-state index in [1.165, 1.54) is 26.3 Å². The molecule has 0 radical (unpaired) electrons. The first-order valence-electron chi connectivity index (χ1n) is 9.10. The fourth-order valence-corrected chi connectivity index (χ4v) is 3.85. The van der Waals surface area contributed by atoms with Crippen LogP contribution in [0.4, 0.5) is 8.78 Å². The Kier molecular flexibility index (Phi) is 5.89. The molecule has 1 unspecified atom stereocenters. The van der Waals surface area contributed by atoms with Gasteiger partial charge in [-0.2, -0.15) is 0 Å². The summed E-state index contributed by atoms with van der Waals surface area (Å²) < 4.78 is 33.5. The van der Waals surface area contributed by atoms with Crippen molar-refractivity contribution in [3.63, 3.8) is 0 Å². The number of piperidine rings is 1. The summed E-state index contributed by atoms with van der Waals surface area (Å²) in [5, 5.41) is 5.78. The highest BCUT2D eigenvalue weighted by atomic mass is 19.1. The van der Waals surface area contributed by atoms with Crippen molar-refractivity contribution in [1.82, 2.24) is 10.6 Å². The maximum atomic E-state index is 14.1. The Balaban J connectivity index is 1.47. The fourth-order valence-electron chi connectivity index (χ4n) is 3.85. The van der Waals surface area contributed by atoms with Gasteiger partial charge in [0.05, 0.1) is 13.0 Å². The van der Waals surface area contributed by atoms with Crippen LogP contribution in [0.5, 0.6) is 5.75 Å². The summed E-state index contributed by atoms with van der Waals surface area (Å²) in [5.74, 6) is 0.585. The Morgan fingerprint density at radius 3 is 2.76 bits per heavy atom. The first-order chi connectivity index (χ1) is 12.1. The van der Waals surface area contributed by atoms with Gasteiger partial charge in [0.25, 0.3) is 0 Å². The van der Waals surface area contributed by atoms with Crippen LogP contribution in [0.15, 0.2) is 12.1 Å². The second-order valence-electron chi connectivity index (χ2n) is 7.11. The Hall–Kier alpha value is -1.69. The number of nitrogens with one attached hydrogen (secondary N) is 2. The number of carbonyl (C=O) groups excluding carboxylic acids is 1. The minimum absolute atomic E-state index is 0.0392. The third-order valence-electron chi connectivity index (χ3n) is 5.44. The van der Waals surface area contributed by atoms with Gasteiger partial charge in [-0.15, -0.1) is 0 Å². The van der Waals surface area contributed by atoms with Crippen molar-refractivity contribution in [2.75, 3.05) is 26.7 Å². The molecule has 1 saturated carbocycles. The Morgan fingerprint density at radius 2 is 2.04 bits per heavy atom. The molecule has 1 aromatic carbocycles. The van der Waals surface area contributed by atoms with Crippen molar-refractivity contribution in [2.45, 2.75) is 32.1 Å². The second-order valence-corrected chi connectivity index (χ2v) is 7.11. The van der Waals surface area contributed by atoms with Crippen molar-refractivity contribution in [3.05, 3.63) is 29.3 Å². The molecule has 4 nitrogen and oxygen atoms in total. The van der Waals surface area contributed by atoms with Gasteiger partial charge >= 0.3 is 0 Å². The first-order valence-corrected chi connectivity index (χ1v) is 9.10. The number of carbonyl (C=O) groups is 1. The quantitative estimate of drug-likeness (QED) is 0.793. The third kappa shape index (κ3) is 4.69. The molecule has 1 amide bonds. The lowest BCUT2D eigenvalue weighted by Crippen LogP contribution is -2.29. The maximum absolute atomic E-state index is 14.1. The molecule has 3 rings (SSSR count). The van der Waals surface area contributed by atoms with Crippen molar-refractivity contribution < 1.29 is 18.3 Å². The normalized spacial score (nSPS) is 23.3. The lowest BCUT2D eigenvalue weighted by molar-refractivity contribution is -0.120. The zero-order valence-corrected chi connectivity index (χ0v) is 14.6.